The maximum absolute atomic E-state index is 6.21. The van der Waals surface area contributed by atoms with E-state index in [4.69, 9.17) is 26.8 Å². The van der Waals surface area contributed by atoms with Crippen LogP contribution in [0.15, 0.2) is 24.3 Å². The Balaban J connectivity index is 2.05. The molecule has 3 unspecified atom stereocenters. The van der Waals surface area contributed by atoms with Crippen LogP contribution in [0, 0.1) is 0 Å². The minimum Gasteiger partial charge on any atom is -0.375 e. The molecule has 19 heavy (non-hydrogen) atoms. The Bertz CT molecular complexity index is 403. The first-order chi connectivity index (χ1) is 9.10. The second-order valence-electron chi connectivity index (χ2n) is 5.23. The Morgan fingerprint density at radius 2 is 1.95 bits per heavy atom. The van der Waals surface area contributed by atoms with E-state index in [2.05, 4.69) is 13.8 Å². The number of hydrogen-bond donors (Lipinski definition) is 1. The predicted molar refractivity (Wildman–Crippen MR) is 77.4 cm³/mol. The largest absolute Gasteiger partial charge is 0.375 e. The minimum atomic E-state index is -0.142. The van der Waals surface area contributed by atoms with Crippen LogP contribution in [-0.2, 0) is 9.47 Å². The van der Waals surface area contributed by atoms with Crippen LogP contribution in [0.25, 0.3) is 0 Å². The molecule has 1 aromatic carbocycles. The highest BCUT2D eigenvalue weighted by molar-refractivity contribution is 6.31. The van der Waals surface area contributed by atoms with Crippen molar-refractivity contribution in [3.63, 3.8) is 0 Å². The average Bonchev–Trinajstić information content (AvgIpc) is 2.36. The van der Waals surface area contributed by atoms with Gasteiger partial charge in [0.1, 0.15) is 0 Å². The molecule has 1 heterocycles. The fourth-order valence-corrected chi connectivity index (χ4v) is 2.94. The van der Waals surface area contributed by atoms with Crippen molar-refractivity contribution in [2.45, 2.75) is 51.1 Å². The van der Waals surface area contributed by atoms with Crippen molar-refractivity contribution in [3.8, 4) is 0 Å². The van der Waals surface area contributed by atoms with Gasteiger partial charge in [-0.15, -0.1) is 0 Å². The molecule has 0 saturated carbocycles. The maximum atomic E-state index is 6.21. The molecule has 1 aliphatic rings. The van der Waals surface area contributed by atoms with E-state index in [9.17, 15) is 0 Å². The van der Waals surface area contributed by atoms with Crippen LogP contribution in [-0.4, -0.2) is 24.9 Å². The van der Waals surface area contributed by atoms with E-state index in [1.54, 1.807) is 0 Å². The van der Waals surface area contributed by atoms with Crippen molar-refractivity contribution in [1.29, 1.82) is 0 Å². The molecule has 106 valence electrons. The monoisotopic (exact) mass is 283 g/mol. The number of benzene rings is 1. The van der Waals surface area contributed by atoms with Gasteiger partial charge in [-0.05, 0) is 32.8 Å². The van der Waals surface area contributed by atoms with Crippen LogP contribution >= 0.6 is 11.6 Å². The molecule has 0 radical (unpaired) electrons. The Morgan fingerprint density at radius 3 is 2.53 bits per heavy atom. The van der Waals surface area contributed by atoms with Gasteiger partial charge in [-0.1, -0.05) is 29.8 Å². The summed E-state index contributed by atoms with van der Waals surface area (Å²) in [6, 6.07) is 7.73. The lowest BCUT2D eigenvalue weighted by Crippen LogP contribution is -2.35. The summed E-state index contributed by atoms with van der Waals surface area (Å²) < 4.78 is 11.9. The standard InChI is InChI=1S/C15H22ClNO2/c1-10-7-12(8-11(2)18-10)19-15(9-17)13-5-3-4-6-14(13)16/h3-6,10-12,15H,7-9,17H2,1-2H3. The van der Waals surface area contributed by atoms with E-state index in [1.807, 2.05) is 24.3 Å². The molecule has 1 aromatic rings. The van der Waals surface area contributed by atoms with Gasteiger partial charge in [-0.3, -0.25) is 0 Å². The van der Waals surface area contributed by atoms with Crippen molar-refractivity contribution in [2.75, 3.05) is 6.54 Å². The highest BCUT2D eigenvalue weighted by Gasteiger charge is 2.27. The third-order valence-corrected chi connectivity index (χ3v) is 3.82. The zero-order chi connectivity index (χ0) is 13.8. The van der Waals surface area contributed by atoms with Gasteiger partial charge >= 0.3 is 0 Å². The van der Waals surface area contributed by atoms with Crippen molar-refractivity contribution in [3.05, 3.63) is 34.9 Å². The minimum absolute atomic E-state index is 0.142. The number of hydrogen-bond acceptors (Lipinski definition) is 3. The lowest BCUT2D eigenvalue weighted by Gasteiger charge is -2.34. The Hall–Kier alpha value is -0.610. The third-order valence-electron chi connectivity index (χ3n) is 3.48. The molecule has 2 rings (SSSR count). The smallest absolute Gasteiger partial charge is 0.0965 e. The summed E-state index contributed by atoms with van der Waals surface area (Å²) in [5, 5.41) is 0.714. The first-order valence-electron chi connectivity index (χ1n) is 6.85. The normalized spacial score (nSPS) is 29.2. The van der Waals surface area contributed by atoms with Crippen molar-refractivity contribution >= 4 is 11.6 Å². The molecular formula is C15H22ClNO2. The van der Waals surface area contributed by atoms with Gasteiger partial charge in [-0.2, -0.15) is 0 Å². The fraction of sp³-hybridized carbons (Fsp3) is 0.600. The molecule has 2 N–H and O–H groups in total. The molecule has 4 heteroatoms. The van der Waals surface area contributed by atoms with Crippen molar-refractivity contribution in [2.24, 2.45) is 5.73 Å². The molecule has 3 nitrogen and oxygen atoms in total. The van der Waals surface area contributed by atoms with E-state index in [0.717, 1.165) is 18.4 Å². The van der Waals surface area contributed by atoms with E-state index in [1.165, 1.54) is 0 Å². The van der Waals surface area contributed by atoms with Gasteiger partial charge < -0.3 is 15.2 Å². The molecule has 0 amide bonds. The third kappa shape index (κ3) is 3.93. The molecule has 0 aromatic heterocycles. The van der Waals surface area contributed by atoms with Crippen molar-refractivity contribution < 1.29 is 9.47 Å². The van der Waals surface area contributed by atoms with Crippen LogP contribution in [0.4, 0.5) is 0 Å². The molecule has 0 spiro atoms. The summed E-state index contributed by atoms with van der Waals surface area (Å²) in [6.07, 6.45) is 2.33. The predicted octanol–water partition coefficient (Wildman–Crippen LogP) is 3.31. The van der Waals surface area contributed by atoms with E-state index in [0.29, 0.717) is 11.6 Å². The van der Waals surface area contributed by atoms with E-state index >= 15 is 0 Å². The highest BCUT2D eigenvalue weighted by Crippen LogP contribution is 2.30. The second kappa shape index (κ2) is 6.71. The number of nitrogens with two attached hydrogens (primary N) is 1. The lowest BCUT2D eigenvalue weighted by molar-refractivity contribution is -0.120. The summed E-state index contributed by atoms with van der Waals surface area (Å²) in [4.78, 5) is 0. The lowest BCUT2D eigenvalue weighted by atomic mass is 10.0. The Kier molecular flexibility index (Phi) is 5.22. The van der Waals surface area contributed by atoms with Gasteiger partial charge in [0, 0.05) is 17.1 Å². The summed E-state index contributed by atoms with van der Waals surface area (Å²) in [5.74, 6) is 0. The highest BCUT2D eigenvalue weighted by atomic mass is 35.5. The summed E-state index contributed by atoms with van der Waals surface area (Å²) in [7, 11) is 0. The average molecular weight is 284 g/mol. The van der Waals surface area contributed by atoms with E-state index < -0.39 is 0 Å². The summed E-state index contributed by atoms with van der Waals surface area (Å²) in [5.41, 5.74) is 6.82. The topological polar surface area (TPSA) is 44.5 Å². The first-order valence-corrected chi connectivity index (χ1v) is 7.23. The molecule has 3 atom stereocenters. The first kappa shape index (κ1) is 14.8. The molecule has 1 fully saturated rings. The van der Waals surface area contributed by atoms with E-state index in [-0.39, 0.29) is 24.4 Å². The number of rotatable bonds is 4. The van der Waals surface area contributed by atoms with Gasteiger partial charge in [0.05, 0.1) is 24.4 Å². The van der Waals surface area contributed by atoms with Gasteiger partial charge in [0.25, 0.3) is 0 Å². The van der Waals surface area contributed by atoms with Gasteiger partial charge in [0.2, 0.25) is 0 Å². The SMILES string of the molecule is CC1CC(OC(CN)c2ccccc2Cl)CC(C)O1. The second-order valence-corrected chi connectivity index (χ2v) is 5.64. The quantitative estimate of drug-likeness (QED) is 0.922. The maximum Gasteiger partial charge on any atom is 0.0965 e. The van der Waals surface area contributed by atoms with Crippen LogP contribution in [0.1, 0.15) is 38.4 Å². The molecular weight excluding hydrogens is 262 g/mol. The Morgan fingerprint density at radius 1 is 1.32 bits per heavy atom. The van der Waals surface area contributed by atoms with Crippen LogP contribution in [0.3, 0.4) is 0 Å². The van der Waals surface area contributed by atoms with Crippen LogP contribution in [0.5, 0.6) is 0 Å². The summed E-state index contributed by atoms with van der Waals surface area (Å²) in [6.45, 7) is 4.60. The molecule has 0 bridgehead atoms. The molecule has 0 aliphatic carbocycles. The zero-order valence-corrected chi connectivity index (χ0v) is 12.3. The molecule has 1 aliphatic heterocycles. The fourth-order valence-electron chi connectivity index (χ4n) is 2.68. The number of ether oxygens (including phenoxy) is 2. The summed E-state index contributed by atoms with van der Waals surface area (Å²) >= 11 is 6.21. The van der Waals surface area contributed by atoms with Crippen LogP contribution < -0.4 is 5.73 Å². The Labute approximate surface area is 120 Å². The van der Waals surface area contributed by atoms with Gasteiger partial charge in [0.15, 0.2) is 0 Å². The van der Waals surface area contributed by atoms with Crippen molar-refractivity contribution in [1.82, 2.24) is 0 Å². The van der Waals surface area contributed by atoms with Gasteiger partial charge in [-0.25, -0.2) is 0 Å². The zero-order valence-electron chi connectivity index (χ0n) is 11.5. The number of halogens is 1. The molecule has 1 saturated heterocycles. The van der Waals surface area contributed by atoms with Crippen LogP contribution in [0.2, 0.25) is 5.02 Å².